The summed E-state index contributed by atoms with van der Waals surface area (Å²) in [5.74, 6) is 0. The summed E-state index contributed by atoms with van der Waals surface area (Å²) < 4.78 is 0. The van der Waals surface area contributed by atoms with E-state index in [1.54, 1.807) is 0 Å². The molecule has 0 aliphatic heterocycles. The van der Waals surface area contributed by atoms with Gasteiger partial charge in [0.1, 0.15) is 7.85 Å². The average Bonchev–Trinajstić information content (AvgIpc) is 2.64. The third-order valence-corrected chi connectivity index (χ3v) is 4.27. The molecule has 114 valence electrons. The number of benzene rings is 4. The Kier molecular flexibility index (Phi) is 3.80. The predicted octanol–water partition coefficient (Wildman–Crippen LogP) is 4.57. The van der Waals surface area contributed by atoms with Crippen molar-refractivity contribution in [1.82, 2.24) is 0 Å². The topological polar surface area (TPSA) is 3.24 Å². The smallest absolute Gasteiger partial charge is 0.139 e. The number of hydrogen-bond acceptors (Lipinski definition) is 1. The van der Waals surface area contributed by atoms with E-state index in [1.165, 1.54) is 21.9 Å². The number of fused-ring (bicyclic) bond motifs is 1. The molecule has 0 fully saturated rings. The first-order valence-electron chi connectivity index (χ1n) is 8.22. The van der Waals surface area contributed by atoms with Crippen molar-refractivity contribution in [3.63, 3.8) is 0 Å². The first-order valence-corrected chi connectivity index (χ1v) is 8.22. The number of anilines is 3. The Bertz CT molecular complexity index is 925. The van der Waals surface area contributed by atoms with Gasteiger partial charge in [0.15, 0.2) is 0 Å². The monoisotopic (exact) mass is 307 g/mol. The average molecular weight is 307 g/mol. The summed E-state index contributed by atoms with van der Waals surface area (Å²) in [5.41, 5.74) is 4.78. The van der Waals surface area contributed by atoms with Gasteiger partial charge < -0.3 is 4.90 Å². The zero-order chi connectivity index (χ0) is 16.4. The molecule has 0 spiro atoms. The lowest BCUT2D eigenvalue weighted by Crippen LogP contribution is -2.09. The summed E-state index contributed by atoms with van der Waals surface area (Å²) >= 11 is 0. The van der Waals surface area contributed by atoms with Gasteiger partial charge in [-0.3, -0.25) is 0 Å². The van der Waals surface area contributed by atoms with Crippen LogP contribution in [0.15, 0.2) is 97.1 Å². The molecular formula is C22H18BN. The molecule has 0 bridgehead atoms. The normalized spacial score (nSPS) is 10.7. The summed E-state index contributed by atoms with van der Waals surface area (Å²) in [4.78, 5) is 2.29. The van der Waals surface area contributed by atoms with Crippen molar-refractivity contribution >= 4 is 41.1 Å². The Morgan fingerprint density at radius 1 is 0.500 bits per heavy atom. The van der Waals surface area contributed by atoms with Crippen LogP contribution in [0.4, 0.5) is 17.1 Å². The van der Waals surface area contributed by atoms with E-state index >= 15 is 0 Å². The SMILES string of the molecule is Bc1ccc2cc(N(c3ccccc3)c3ccccc3)ccc2c1. The molecule has 0 aromatic heterocycles. The van der Waals surface area contributed by atoms with Gasteiger partial charge in [-0.05, 0) is 47.2 Å². The van der Waals surface area contributed by atoms with Crippen molar-refractivity contribution in [2.45, 2.75) is 0 Å². The van der Waals surface area contributed by atoms with Crippen LogP contribution in [0, 0.1) is 0 Å². The van der Waals surface area contributed by atoms with E-state index in [0.29, 0.717) is 0 Å². The van der Waals surface area contributed by atoms with E-state index in [-0.39, 0.29) is 0 Å². The quantitative estimate of drug-likeness (QED) is 0.501. The summed E-state index contributed by atoms with van der Waals surface area (Å²) in [6.45, 7) is 0. The maximum Gasteiger partial charge on any atom is 0.139 e. The number of nitrogens with zero attached hydrogens (tertiary/aromatic N) is 1. The highest BCUT2D eigenvalue weighted by Gasteiger charge is 2.12. The van der Waals surface area contributed by atoms with Gasteiger partial charge in [-0.25, -0.2) is 0 Å². The largest absolute Gasteiger partial charge is 0.310 e. The highest BCUT2D eigenvalue weighted by atomic mass is 15.1. The second-order valence-electron chi connectivity index (χ2n) is 6.04. The van der Waals surface area contributed by atoms with E-state index in [1.807, 2.05) is 0 Å². The molecule has 0 aliphatic carbocycles. The van der Waals surface area contributed by atoms with Gasteiger partial charge in [-0.1, -0.05) is 66.1 Å². The van der Waals surface area contributed by atoms with Gasteiger partial charge in [0.25, 0.3) is 0 Å². The molecule has 0 saturated heterocycles. The molecule has 0 aliphatic rings. The van der Waals surface area contributed by atoms with Crippen LogP contribution in [0.5, 0.6) is 0 Å². The Labute approximate surface area is 143 Å². The minimum absolute atomic E-state index is 1.16. The van der Waals surface area contributed by atoms with Gasteiger partial charge >= 0.3 is 0 Å². The Balaban J connectivity index is 1.89. The molecule has 0 atom stereocenters. The third kappa shape index (κ3) is 2.79. The van der Waals surface area contributed by atoms with Crippen molar-refractivity contribution in [3.05, 3.63) is 97.1 Å². The van der Waals surface area contributed by atoms with Gasteiger partial charge in [-0.15, -0.1) is 0 Å². The molecule has 1 nitrogen and oxygen atoms in total. The van der Waals surface area contributed by atoms with E-state index in [9.17, 15) is 0 Å². The molecule has 2 heteroatoms. The lowest BCUT2D eigenvalue weighted by atomic mass is 9.93. The minimum Gasteiger partial charge on any atom is -0.310 e. The second-order valence-corrected chi connectivity index (χ2v) is 6.04. The summed E-state index contributed by atoms with van der Waals surface area (Å²) in [7, 11) is 2.13. The van der Waals surface area contributed by atoms with Crippen LogP contribution in [0.3, 0.4) is 0 Å². The lowest BCUT2D eigenvalue weighted by molar-refractivity contribution is 1.29. The van der Waals surface area contributed by atoms with Crippen LogP contribution < -0.4 is 10.4 Å². The van der Waals surface area contributed by atoms with Crippen LogP contribution in [0.25, 0.3) is 10.8 Å². The lowest BCUT2D eigenvalue weighted by Gasteiger charge is -2.25. The molecule has 4 aromatic rings. The fourth-order valence-electron chi connectivity index (χ4n) is 3.09. The molecule has 24 heavy (non-hydrogen) atoms. The van der Waals surface area contributed by atoms with E-state index in [4.69, 9.17) is 0 Å². The second kappa shape index (κ2) is 6.25. The first kappa shape index (κ1) is 14.6. The summed E-state index contributed by atoms with van der Waals surface area (Å²) in [5, 5.41) is 2.54. The Morgan fingerprint density at radius 2 is 1.04 bits per heavy atom. The maximum absolute atomic E-state index is 2.29. The Hall–Kier alpha value is -3.00. The van der Waals surface area contributed by atoms with Gasteiger partial charge in [0, 0.05) is 17.1 Å². The highest BCUT2D eigenvalue weighted by Crippen LogP contribution is 2.35. The molecular weight excluding hydrogens is 289 g/mol. The fraction of sp³-hybridized carbons (Fsp3) is 0. The van der Waals surface area contributed by atoms with Crippen LogP contribution in [-0.4, -0.2) is 7.85 Å². The highest BCUT2D eigenvalue weighted by molar-refractivity contribution is 6.33. The van der Waals surface area contributed by atoms with Crippen LogP contribution in [0.1, 0.15) is 0 Å². The molecule has 0 saturated carbocycles. The third-order valence-electron chi connectivity index (χ3n) is 4.27. The predicted molar refractivity (Wildman–Crippen MR) is 107 cm³/mol. The molecule has 0 amide bonds. The van der Waals surface area contributed by atoms with Crippen molar-refractivity contribution < 1.29 is 0 Å². The molecule has 0 heterocycles. The zero-order valence-electron chi connectivity index (χ0n) is 13.7. The number of rotatable bonds is 3. The minimum atomic E-state index is 1.16. The summed E-state index contributed by atoms with van der Waals surface area (Å²) in [6.07, 6.45) is 0. The van der Waals surface area contributed by atoms with Crippen LogP contribution in [-0.2, 0) is 0 Å². The van der Waals surface area contributed by atoms with Gasteiger partial charge in [-0.2, -0.15) is 0 Å². The van der Waals surface area contributed by atoms with Crippen molar-refractivity contribution in [1.29, 1.82) is 0 Å². The van der Waals surface area contributed by atoms with Crippen molar-refractivity contribution in [2.24, 2.45) is 0 Å². The molecule has 0 unspecified atom stereocenters. The molecule has 4 rings (SSSR count). The summed E-state index contributed by atoms with van der Waals surface area (Å²) in [6, 6.07) is 34.3. The van der Waals surface area contributed by atoms with Gasteiger partial charge in [0.05, 0.1) is 0 Å². The first-order chi connectivity index (χ1) is 11.8. The maximum atomic E-state index is 2.29. The molecule has 4 aromatic carbocycles. The fourth-order valence-corrected chi connectivity index (χ4v) is 3.09. The van der Waals surface area contributed by atoms with Crippen molar-refractivity contribution in [3.8, 4) is 0 Å². The number of hydrogen-bond donors (Lipinski definition) is 0. The standard InChI is InChI=1S/C22H18BN/c23-19-13-11-18-16-22(14-12-17(18)15-19)24(20-7-3-1-4-8-20)21-9-5-2-6-10-21/h1-16H,23H2. The molecule has 0 radical (unpaired) electrons. The number of para-hydroxylation sites is 2. The Morgan fingerprint density at radius 3 is 1.67 bits per heavy atom. The van der Waals surface area contributed by atoms with E-state index < -0.39 is 0 Å². The van der Waals surface area contributed by atoms with Crippen LogP contribution in [0.2, 0.25) is 0 Å². The van der Waals surface area contributed by atoms with Gasteiger partial charge in [0.2, 0.25) is 0 Å². The van der Waals surface area contributed by atoms with E-state index in [0.717, 1.165) is 11.4 Å². The van der Waals surface area contributed by atoms with Crippen molar-refractivity contribution in [2.75, 3.05) is 4.90 Å². The van der Waals surface area contributed by atoms with E-state index in [2.05, 4.69) is 110 Å². The zero-order valence-corrected chi connectivity index (χ0v) is 13.7. The molecule has 0 N–H and O–H groups in total. The van der Waals surface area contributed by atoms with Crippen LogP contribution >= 0.6 is 0 Å².